The van der Waals surface area contributed by atoms with Crippen LogP contribution in [-0.2, 0) is 21.5 Å². The van der Waals surface area contributed by atoms with Crippen LogP contribution >= 0.6 is 22.9 Å². The number of nitrogens with zero attached hydrogens (tertiary/aromatic N) is 4. The van der Waals surface area contributed by atoms with Crippen molar-refractivity contribution in [2.24, 2.45) is 11.7 Å². The number of halogens is 4. The van der Waals surface area contributed by atoms with E-state index in [9.17, 15) is 27.9 Å². The number of thiophene rings is 1. The van der Waals surface area contributed by atoms with E-state index in [0.29, 0.717) is 30.3 Å². The van der Waals surface area contributed by atoms with Gasteiger partial charge < -0.3 is 25.3 Å². The Morgan fingerprint density at radius 2 is 1.75 bits per heavy atom. The molecule has 0 radical (unpaired) electrons. The molecule has 4 N–H and O–H groups in total. The Labute approximate surface area is 360 Å². The molecule has 60 heavy (non-hydrogen) atoms. The third-order valence-electron chi connectivity index (χ3n) is 9.70. The first-order chi connectivity index (χ1) is 28.7. The number of carbonyl (C=O) groups excluding carboxylic acids is 2. The number of primary amides is 1. The number of hydrogen-bond donors (Lipinski definition) is 3. The number of aryl methyl sites for hydroxylation is 1. The van der Waals surface area contributed by atoms with Crippen molar-refractivity contribution in [1.82, 2.24) is 25.1 Å². The number of oxazole rings is 1. The number of piperazine rings is 1. The number of ether oxygens (including phenoxy) is 1. The quantitative estimate of drug-likeness (QED) is 0.111. The molecule has 11 nitrogen and oxygen atoms in total. The molecule has 1 fully saturated rings. The van der Waals surface area contributed by atoms with Gasteiger partial charge in [-0.2, -0.15) is 13.2 Å². The predicted molar refractivity (Wildman–Crippen MR) is 233 cm³/mol. The monoisotopic (exact) mass is 874 g/mol. The maximum atomic E-state index is 11.4. The molecule has 7 rings (SSSR count). The number of aliphatic hydroxyl groups excluding tert-OH is 1. The number of aromatic nitrogens is 2. The van der Waals surface area contributed by atoms with Gasteiger partial charge in [0.25, 0.3) is 0 Å². The minimum atomic E-state index is -4.29. The summed E-state index contributed by atoms with van der Waals surface area (Å²) in [5.41, 5.74) is 7.35. The average Bonchev–Trinajstić information content (AvgIpc) is 3.95. The highest BCUT2D eigenvalue weighted by molar-refractivity contribution is 7.17. The van der Waals surface area contributed by atoms with Crippen LogP contribution in [0.25, 0.3) is 21.4 Å². The average molecular weight is 875 g/mol. The van der Waals surface area contributed by atoms with Gasteiger partial charge in [-0.05, 0) is 92.9 Å². The van der Waals surface area contributed by atoms with Crippen LogP contribution < -0.4 is 15.8 Å². The van der Waals surface area contributed by atoms with E-state index in [-0.39, 0.29) is 23.8 Å². The molecule has 2 aliphatic rings. The Morgan fingerprint density at radius 3 is 2.35 bits per heavy atom. The summed E-state index contributed by atoms with van der Waals surface area (Å²) in [4.78, 5) is 33.8. The third kappa shape index (κ3) is 16.5. The van der Waals surface area contributed by atoms with Crippen LogP contribution in [0.3, 0.4) is 0 Å². The number of nitrogens with two attached hydrogens (primary N) is 1. The highest BCUT2D eigenvalue weighted by atomic mass is 35.5. The number of pyridine rings is 1. The molecule has 5 aromatic rings. The molecule has 2 amide bonds. The van der Waals surface area contributed by atoms with Crippen molar-refractivity contribution in [3.63, 3.8) is 0 Å². The minimum Gasteiger partial charge on any atom is -0.493 e. The zero-order valence-corrected chi connectivity index (χ0v) is 36.5. The number of rotatable bonds is 11. The number of amides is 2. The van der Waals surface area contributed by atoms with Crippen molar-refractivity contribution in [3.05, 3.63) is 101 Å². The van der Waals surface area contributed by atoms with Gasteiger partial charge in [-0.3, -0.25) is 24.4 Å². The van der Waals surface area contributed by atoms with Gasteiger partial charge in [0.1, 0.15) is 12.3 Å². The Bertz CT molecular complexity index is 1930. The van der Waals surface area contributed by atoms with Gasteiger partial charge in [0.2, 0.25) is 18.2 Å². The standard InChI is InChI=1S/C23H33ClN4O3.C9H10O.C7H5NS.C3H4F3NO.C2H6/c1-4-16(21(25)30)13-19(29)15-27-9-11-28(12-10-27)23(2,3)22-26-14-20(31-22)17-5-7-18(24)8-6-17;1-2-6-9-8(4-1)5-3-7-10-9;1-3-8-5-6-2-4-9-7(1)6;4-3(5,6)1-7-2-8;1-2/h5-8,14,16,19,29H,4,9-13,15H2,1-3H3,(H2,25,30);1-2,4,6H,3,5,7H2;1-5H;2H,1H2,(H,7,8);1-2H3/t16-,19+;;;;/m1..../s1. The molecule has 0 aliphatic carbocycles. The molecule has 5 heterocycles. The van der Waals surface area contributed by atoms with Crippen molar-refractivity contribution < 1.29 is 37.0 Å². The first kappa shape index (κ1) is 49.8. The maximum absolute atomic E-state index is 11.4. The minimum absolute atomic E-state index is 0.00743. The fourth-order valence-electron chi connectivity index (χ4n) is 6.37. The summed E-state index contributed by atoms with van der Waals surface area (Å²) in [6.07, 6.45) is 4.04. The molecular weight excluding hydrogens is 817 g/mol. The Kier molecular flexibility index (Phi) is 21.0. The first-order valence-corrected chi connectivity index (χ1v) is 21.3. The molecule has 0 bridgehead atoms. The molecule has 3 aromatic heterocycles. The highest BCUT2D eigenvalue weighted by Crippen LogP contribution is 2.32. The second kappa shape index (κ2) is 25.3. The summed E-state index contributed by atoms with van der Waals surface area (Å²) in [6, 6.07) is 19.9. The first-order valence-electron chi connectivity index (χ1n) is 20.1. The van der Waals surface area contributed by atoms with E-state index in [1.54, 1.807) is 17.5 Å². The Hall–Kier alpha value is -4.54. The van der Waals surface area contributed by atoms with Gasteiger partial charge in [0.15, 0.2) is 5.76 Å². The number of aliphatic hydroxyl groups is 1. The van der Waals surface area contributed by atoms with Crippen LogP contribution in [0.4, 0.5) is 13.2 Å². The lowest BCUT2D eigenvalue weighted by Crippen LogP contribution is -2.54. The van der Waals surface area contributed by atoms with Crippen molar-refractivity contribution >= 4 is 45.3 Å². The van der Waals surface area contributed by atoms with E-state index in [4.69, 9.17) is 26.5 Å². The zero-order valence-electron chi connectivity index (χ0n) is 35.0. The molecule has 0 unspecified atom stereocenters. The number of β-amino-alcohol motifs (C(OH)–C–C–N with tert-alkyl or cyclic N) is 1. The molecule has 2 aromatic carbocycles. The predicted octanol–water partition coefficient (Wildman–Crippen LogP) is 8.74. The van der Waals surface area contributed by atoms with Crippen molar-refractivity contribution in [2.45, 2.75) is 78.1 Å². The SMILES string of the molecule is CC.CC[C@H](C[C@H](O)CN1CCN(C(C)(C)c2ncc(-c3ccc(Cl)cc3)o2)CC1)C(N)=O.O=CNCC(F)(F)F.c1cc2sccc2cn1.c1ccc2c(c1)CCCO2. The van der Waals surface area contributed by atoms with Crippen LogP contribution in [0.5, 0.6) is 5.75 Å². The highest BCUT2D eigenvalue weighted by Gasteiger charge is 2.36. The number of benzene rings is 2. The van der Waals surface area contributed by atoms with E-state index in [0.717, 1.165) is 56.3 Å². The van der Waals surface area contributed by atoms with E-state index in [2.05, 4.69) is 57.2 Å². The van der Waals surface area contributed by atoms with E-state index in [1.165, 1.54) is 27.4 Å². The van der Waals surface area contributed by atoms with Gasteiger partial charge in [0, 0.05) is 71.7 Å². The van der Waals surface area contributed by atoms with Crippen LogP contribution in [-0.4, -0.2) is 95.3 Å². The molecule has 0 spiro atoms. The number of fused-ring (bicyclic) bond motifs is 2. The summed E-state index contributed by atoms with van der Waals surface area (Å²) in [5, 5.41) is 15.9. The van der Waals surface area contributed by atoms with Gasteiger partial charge >= 0.3 is 6.18 Å². The topological polar surface area (TPSA) is 147 Å². The molecule has 0 saturated carbocycles. The summed E-state index contributed by atoms with van der Waals surface area (Å²) in [6.45, 7) is 13.7. The van der Waals surface area contributed by atoms with Crippen LogP contribution in [0.15, 0.2) is 89.1 Å². The number of nitrogens with one attached hydrogen (secondary N) is 1. The van der Waals surface area contributed by atoms with Crippen LogP contribution in [0, 0.1) is 5.92 Å². The van der Waals surface area contributed by atoms with Gasteiger partial charge in [-0.15, -0.1) is 11.3 Å². The summed E-state index contributed by atoms with van der Waals surface area (Å²) < 4.78 is 45.9. The number of para-hydroxylation sites is 1. The molecule has 2 aliphatic heterocycles. The summed E-state index contributed by atoms with van der Waals surface area (Å²) in [7, 11) is 0. The Balaban J connectivity index is 0.000000264. The lowest BCUT2D eigenvalue weighted by Gasteiger charge is -2.42. The molecule has 1 saturated heterocycles. The molecular formula is C44H58ClF3N6O5S. The van der Waals surface area contributed by atoms with Gasteiger partial charge in [-0.1, -0.05) is 50.6 Å². The summed E-state index contributed by atoms with van der Waals surface area (Å²) in [5.74, 6) is 1.88. The molecule has 2 atom stereocenters. The largest absolute Gasteiger partial charge is 0.493 e. The van der Waals surface area contributed by atoms with E-state index in [1.807, 2.05) is 75.6 Å². The second-order valence-electron chi connectivity index (χ2n) is 14.3. The van der Waals surface area contributed by atoms with Gasteiger partial charge in [0.05, 0.1) is 24.4 Å². The normalized spacial score (nSPS) is 15.0. The number of hydrogen-bond acceptors (Lipinski definition) is 10. The Morgan fingerprint density at radius 1 is 1.05 bits per heavy atom. The fraction of sp³-hybridized carbons (Fsp3) is 0.455. The van der Waals surface area contributed by atoms with Crippen molar-refractivity contribution in [1.29, 1.82) is 0 Å². The number of alkyl halides is 3. The lowest BCUT2D eigenvalue weighted by atomic mass is 9.97. The zero-order chi connectivity index (χ0) is 44.1. The van der Waals surface area contributed by atoms with Crippen LogP contribution in [0.1, 0.15) is 65.3 Å². The third-order valence-corrected chi connectivity index (χ3v) is 10.9. The van der Waals surface area contributed by atoms with E-state index >= 15 is 0 Å². The van der Waals surface area contributed by atoms with Crippen molar-refractivity contribution in [3.8, 4) is 17.1 Å². The van der Waals surface area contributed by atoms with Crippen LogP contribution in [0.2, 0.25) is 5.02 Å². The fourth-order valence-corrected chi connectivity index (χ4v) is 7.26. The lowest BCUT2D eigenvalue weighted by molar-refractivity contribution is -0.132. The van der Waals surface area contributed by atoms with Crippen molar-refractivity contribution in [2.75, 3.05) is 45.9 Å². The van der Waals surface area contributed by atoms with Gasteiger partial charge in [-0.25, -0.2) is 4.98 Å². The number of carbonyl (C=O) groups is 2. The summed E-state index contributed by atoms with van der Waals surface area (Å²) >= 11 is 7.72. The molecule has 328 valence electrons. The molecule has 16 heteroatoms. The maximum Gasteiger partial charge on any atom is 0.405 e. The second-order valence-corrected chi connectivity index (χ2v) is 15.7. The smallest absolute Gasteiger partial charge is 0.405 e. The van der Waals surface area contributed by atoms with E-state index < -0.39 is 18.8 Å².